The van der Waals surface area contributed by atoms with Gasteiger partial charge in [-0.25, -0.2) is 0 Å². The molecule has 0 saturated carbocycles. The zero-order valence-corrected chi connectivity index (χ0v) is 8.56. The van der Waals surface area contributed by atoms with Crippen LogP contribution in [0.3, 0.4) is 0 Å². The number of hydrogen-bond acceptors (Lipinski definition) is 2. The molecule has 1 aromatic heterocycles. The fourth-order valence-electron chi connectivity index (χ4n) is 1.19. The summed E-state index contributed by atoms with van der Waals surface area (Å²) in [5.74, 6) is 0. The van der Waals surface area contributed by atoms with Crippen LogP contribution in [0, 0.1) is 4.84 Å². The lowest BCUT2D eigenvalue weighted by atomic mass is 10.2. The van der Waals surface area contributed by atoms with Gasteiger partial charge < -0.3 is 9.40 Å². The van der Waals surface area contributed by atoms with E-state index in [4.69, 9.17) is 16.0 Å². The minimum atomic E-state index is -4.49. The van der Waals surface area contributed by atoms with Crippen molar-refractivity contribution in [2.75, 3.05) is 0 Å². The zero-order valence-electron chi connectivity index (χ0n) is 6.98. The van der Waals surface area contributed by atoms with Crippen molar-refractivity contribution in [3.8, 4) is 0 Å². The summed E-state index contributed by atoms with van der Waals surface area (Å²) in [6.45, 7) is 0. The minimum absolute atomic E-state index is 0.0143. The van der Waals surface area contributed by atoms with Gasteiger partial charge in [0, 0.05) is 6.07 Å². The van der Waals surface area contributed by atoms with Crippen molar-refractivity contribution in [1.82, 2.24) is 4.98 Å². The predicted octanol–water partition coefficient (Wildman–Crippen LogP) is 4.16. The molecule has 2 aromatic rings. The second-order valence-electron chi connectivity index (χ2n) is 2.84. The van der Waals surface area contributed by atoms with Gasteiger partial charge in [0.15, 0.2) is 5.58 Å². The van der Waals surface area contributed by atoms with Gasteiger partial charge in [0.1, 0.15) is 0 Å². The zero-order chi connectivity index (χ0) is 11.2. The van der Waals surface area contributed by atoms with Crippen molar-refractivity contribution in [2.45, 2.75) is 6.18 Å². The van der Waals surface area contributed by atoms with Gasteiger partial charge in [-0.1, -0.05) is 11.6 Å². The molecule has 0 aliphatic carbocycles. The molecule has 0 aliphatic heterocycles. The fourth-order valence-corrected chi connectivity index (χ4v) is 1.65. The Balaban J connectivity index is 2.77. The molecule has 0 bridgehead atoms. The molecule has 0 radical (unpaired) electrons. The maximum atomic E-state index is 12.4. The van der Waals surface area contributed by atoms with E-state index in [0.29, 0.717) is 0 Å². The van der Waals surface area contributed by atoms with E-state index in [0.717, 1.165) is 12.1 Å². The average molecular weight is 254 g/mol. The van der Waals surface area contributed by atoms with Crippen LogP contribution in [-0.2, 0) is 6.18 Å². The second-order valence-corrected chi connectivity index (χ2v) is 3.62. The molecule has 80 valence electrons. The highest BCUT2D eigenvalue weighted by atomic mass is 35.5. The quantitative estimate of drug-likeness (QED) is 0.714. The highest BCUT2D eigenvalue weighted by molar-refractivity contribution is 7.71. The molecular weight excluding hydrogens is 251 g/mol. The number of aromatic amines is 1. The number of fused-ring (bicyclic) bond motifs is 1. The van der Waals surface area contributed by atoms with E-state index < -0.39 is 16.8 Å². The third kappa shape index (κ3) is 1.87. The molecular formula is C8H3ClF3NOS. The third-order valence-electron chi connectivity index (χ3n) is 1.81. The van der Waals surface area contributed by atoms with Crippen molar-refractivity contribution in [3.63, 3.8) is 0 Å². The predicted molar refractivity (Wildman–Crippen MR) is 51.4 cm³/mol. The maximum Gasteiger partial charge on any atom is 0.417 e. The largest absolute Gasteiger partial charge is 0.429 e. The molecule has 15 heavy (non-hydrogen) atoms. The molecule has 7 heteroatoms. The topological polar surface area (TPSA) is 28.9 Å². The van der Waals surface area contributed by atoms with Gasteiger partial charge in [-0.15, -0.1) is 0 Å². The van der Waals surface area contributed by atoms with Crippen molar-refractivity contribution in [2.24, 2.45) is 0 Å². The smallest absolute Gasteiger partial charge is 0.417 e. The van der Waals surface area contributed by atoms with Gasteiger partial charge in [0.25, 0.3) is 4.84 Å². The van der Waals surface area contributed by atoms with E-state index in [1.165, 1.54) is 0 Å². The summed E-state index contributed by atoms with van der Waals surface area (Å²) >= 11 is 10.1. The highest BCUT2D eigenvalue weighted by Gasteiger charge is 2.33. The Morgan fingerprint density at radius 2 is 2.00 bits per heavy atom. The van der Waals surface area contributed by atoms with E-state index in [-0.39, 0.29) is 15.9 Å². The summed E-state index contributed by atoms with van der Waals surface area (Å²) in [5, 5.41) is -0.409. The van der Waals surface area contributed by atoms with Crippen LogP contribution in [0.5, 0.6) is 0 Å². The van der Waals surface area contributed by atoms with Crippen LogP contribution in [0.15, 0.2) is 16.5 Å². The Bertz CT molecular complexity index is 571. The molecule has 0 aliphatic rings. The first-order valence-corrected chi connectivity index (χ1v) is 4.56. The van der Waals surface area contributed by atoms with E-state index in [1.807, 2.05) is 0 Å². The van der Waals surface area contributed by atoms with Crippen molar-refractivity contribution in [3.05, 3.63) is 27.6 Å². The number of oxazole rings is 1. The van der Waals surface area contributed by atoms with Crippen molar-refractivity contribution in [1.29, 1.82) is 0 Å². The molecule has 0 atom stereocenters. The standard InChI is InChI=1S/C8H3ClF3NOS/c9-4-2-6-5(13-7(15)14-6)1-3(4)8(10,11)12/h1-2H,(H,13,15). The Kier molecular flexibility index (Phi) is 2.27. The lowest BCUT2D eigenvalue weighted by Gasteiger charge is -2.07. The van der Waals surface area contributed by atoms with Gasteiger partial charge in [-0.05, 0) is 18.3 Å². The first-order valence-electron chi connectivity index (χ1n) is 3.77. The van der Waals surface area contributed by atoms with Crippen molar-refractivity contribution >= 4 is 34.9 Å². The summed E-state index contributed by atoms with van der Waals surface area (Å²) in [6, 6.07) is 1.96. The second kappa shape index (κ2) is 3.24. The number of halogens is 4. The number of H-pyrrole nitrogens is 1. The molecule has 0 unspecified atom stereocenters. The van der Waals surface area contributed by atoms with Crippen LogP contribution >= 0.6 is 23.8 Å². The third-order valence-corrected chi connectivity index (χ3v) is 2.31. The Morgan fingerprint density at radius 3 is 2.60 bits per heavy atom. The first kappa shape index (κ1) is 10.5. The van der Waals surface area contributed by atoms with Gasteiger partial charge in [0.05, 0.1) is 16.1 Å². The van der Waals surface area contributed by atoms with E-state index in [2.05, 4.69) is 17.2 Å². The Morgan fingerprint density at radius 1 is 1.33 bits per heavy atom. The van der Waals surface area contributed by atoms with Gasteiger partial charge in [-0.2, -0.15) is 13.2 Å². The van der Waals surface area contributed by atoms with Gasteiger partial charge in [0.2, 0.25) is 0 Å². The highest BCUT2D eigenvalue weighted by Crippen LogP contribution is 2.36. The molecule has 2 nitrogen and oxygen atoms in total. The van der Waals surface area contributed by atoms with Crippen LogP contribution in [0.1, 0.15) is 5.56 Å². The average Bonchev–Trinajstić information content (AvgIpc) is 2.40. The number of rotatable bonds is 0. The monoisotopic (exact) mass is 253 g/mol. The number of hydrogen-bond donors (Lipinski definition) is 1. The lowest BCUT2D eigenvalue weighted by Crippen LogP contribution is -2.05. The molecule has 0 spiro atoms. The number of aromatic nitrogens is 1. The van der Waals surface area contributed by atoms with E-state index in [1.54, 1.807) is 0 Å². The molecule has 2 rings (SSSR count). The maximum absolute atomic E-state index is 12.4. The van der Waals surface area contributed by atoms with Crippen LogP contribution in [0.4, 0.5) is 13.2 Å². The molecule has 1 heterocycles. The summed E-state index contributed by atoms with van der Waals surface area (Å²) in [6.07, 6.45) is -4.49. The summed E-state index contributed by atoms with van der Waals surface area (Å²) < 4.78 is 42.2. The number of alkyl halides is 3. The summed E-state index contributed by atoms with van der Waals surface area (Å²) in [5.41, 5.74) is -0.529. The Hall–Kier alpha value is -1.01. The van der Waals surface area contributed by atoms with E-state index in [9.17, 15) is 13.2 Å². The van der Waals surface area contributed by atoms with Gasteiger partial charge in [-0.3, -0.25) is 0 Å². The number of benzene rings is 1. The SMILES string of the molecule is FC(F)(F)c1cc2[nH]c(=S)oc2cc1Cl. The molecule has 0 saturated heterocycles. The fraction of sp³-hybridized carbons (Fsp3) is 0.125. The first-order chi connectivity index (χ1) is 6.88. The number of nitrogens with one attached hydrogen (secondary N) is 1. The summed E-state index contributed by atoms with van der Waals surface area (Å²) in [7, 11) is 0. The molecule has 0 amide bonds. The van der Waals surface area contributed by atoms with Crippen LogP contribution in [0.25, 0.3) is 11.1 Å². The van der Waals surface area contributed by atoms with E-state index >= 15 is 0 Å². The van der Waals surface area contributed by atoms with Crippen LogP contribution in [-0.4, -0.2) is 4.98 Å². The lowest BCUT2D eigenvalue weighted by molar-refractivity contribution is -0.137. The van der Waals surface area contributed by atoms with Crippen molar-refractivity contribution < 1.29 is 17.6 Å². The molecule has 1 N–H and O–H groups in total. The summed E-state index contributed by atoms with van der Waals surface area (Å²) in [4.78, 5) is 2.50. The van der Waals surface area contributed by atoms with Gasteiger partial charge >= 0.3 is 6.18 Å². The normalized spacial score (nSPS) is 12.3. The van der Waals surface area contributed by atoms with Crippen LogP contribution < -0.4 is 0 Å². The van der Waals surface area contributed by atoms with Crippen LogP contribution in [0.2, 0.25) is 5.02 Å². The molecule has 1 aromatic carbocycles. The Labute approximate surface area is 91.7 Å². The molecule has 0 fully saturated rings. The minimum Gasteiger partial charge on any atom is -0.429 e.